The maximum atomic E-state index is 12.2. The molecule has 1 aliphatic heterocycles. The van der Waals surface area contributed by atoms with E-state index in [4.69, 9.17) is 16.3 Å². The van der Waals surface area contributed by atoms with Crippen LogP contribution in [0.1, 0.15) is 32.6 Å². The van der Waals surface area contributed by atoms with E-state index in [2.05, 4.69) is 12.2 Å². The molecule has 1 aromatic rings. The molecule has 6 heteroatoms. The van der Waals surface area contributed by atoms with E-state index < -0.39 is 0 Å². The van der Waals surface area contributed by atoms with E-state index in [0.29, 0.717) is 24.7 Å². The van der Waals surface area contributed by atoms with E-state index in [1.165, 1.54) is 0 Å². The number of nitrogens with one attached hydrogen (secondary N) is 1. The van der Waals surface area contributed by atoms with Gasteiger partial charge < -0.3 is 15.0 Å². The summed E-state index contributed by atoms with van der Waals surface area (Å²) in [7, 11) is 0. The lowest BCUT2D eigenvalue weighted by Gasteiger charge is -2.17. The molecule has 2 amide bonds. The summed E-state index contributed by atoms with van der Waals surface area (Å²) in [6, 6.07) is 7.14. The topological polar surface area (TPSA) is 58.6 Å². The molecular weight excluding hydrogens is 328 g/mol. The third-order valence-corrected chi connectivity index (χ3v) is 4.26. The third-order valence-electron chi connectivity index (χ3n) is 4.02. The van der Waals surface area contributed by atoms with Gasteiger partial charge in [0.1, 0.15) is 0 Å². The second-order valence-electron chi connectivity index (χ2n) is 6.00. The molecule has 0 bridgehead atoms. The molecule has 0 aromatic heterocycles. The van der Waals surface area contributed by atoms with Gasteiger partial charge in [-0.05, 0) is 31.0 Å². The summed E-state index contributed by atoms with van der Waals surface area (Å²) in [6.07, 6.45) is 3.21. The highest BCUT2D eigenvalue weighted by atomic mass is 35.5. The molecule has 0 saturated carbocycles. The minimum atomic E-state index is -0.308. The zero-order chi connectivity index (χ0) is 17.4. The Morgan fingerprint density at radius 1 is 1.38 bits per heavy atom. The monoisotopic (exact) mass is 352 g/mol. The van der Waals surface area contributed by atoms with Crippen molar-refractivity contribution in [2.24, 2.45) is 5.92 Å². The summed E-state index contributed by atoms with van der Waals surface area (Å²) in [5.74, 6) is -0.417. The summed E-state index contributed by atoms with van der Waals surface area (Å²) in [5, 5.41) is 3.48. The number of ether oxygens (including phenoxy) is 1. The number of nitrogens with zero attached hydrogens (tertiary/aromatic N) is 1. The molecule has 0 aliphatic carbocycles. The maximum absolute atomic E-state index is 12.2. The summed E-state index contributed by atoms with van der Waals surface area (Å²) >= 11 is 5.97. The lowest BCUT2D eigenvalue weighted by molar-refractivity contribution is -0.126. The number of hydrogen-bond donors (Lipinski definition) is 1. The van der Waals surface area contributed by atoms with Crippen LogP contribution in [0.25, 0.3) is 0 Å². The van der Waals surface area contributed by atoms with Crippen molar-refractivity contribution in [3.8, 4) is 0 Å². The van der Waals surface area contributed by atoms with Gasteiger partial charge in [0, 0.05) is 43.4 Å². The predicted octanol–water partition coefficient (Wildman–Crippen LogP) is 3.02. The van der Waals surface area contributed by atoms with Crippen molar-refractivity contribution in [2.45, 2.75) is 32.6 Å². The van der Waals surface area contributed by atoms with Crippen LogP contribution in [0.2, 0.25) is 5.02 Å². The molecule has 132 valence electrons. The van der Waals surface area contributed by atoms with Gasteiger partial charge in [-0.1, -0.05) is 31.0 Å². The van der Waals surface area contributed by atoms with Crippen LogP contribution in [-0.4, -0.2) is 38.1 Å². The van der Waals surface area contributed by atoms with Crippen LogP contribution in [0.15, 0.2) is 24.3 Å². The Morgan fingerprint density at radius 3 is 2.92 bits per heavy atom. The average Bonchev–Trinajstić information content (AvgIpc) is 2.96. The molecule has 5 nitrogen and oxygen atoms in total. The highest BCUT2D eigenvalue weighted by Crippen LogP contribution is 2.27. The van der Waals surface area contributed by atoms with Crippen molar-refractivity contribution in [1.29, 1.82) is 0 Å². The highest BCUT2D eigenvalue weighted by molar-refractivity contribution is 6.30. The predicted molar refractivity (Wildman–Crippen MR) is 95.3 cm³/mol. The first kappa shape index (κ1) is 18.7. The quantitative estimate of drug-likeness (QED) is 0.695. The molecule has 1 saturated heterocycles. The van der Waals surface area contributed by atoms with Gasteiger partial charge in [0.2, 0.25) is 11.8 Å². The number of carbonyl (C=O) groups is 2. The fourth-order valence-electron chi connectivity index (χ4n) is 2.66. The molecule has 1 aromatic carbocycles. The van der Waals surface area contributed by atoms with Gasteiger partial charge in [0.05, 0.1) is 5.92 Å². The molecule has 0 spiro atoms. The van der Waals surface area contributed by atoms with E-state index in [0.717, 1.165) is 31.6 Å². The van der Waals surface area contributed by atoms with E-state index in [9.17, 15) is 9.59 Å². The van der Waals surface area contributed by atoms with Crippen molar-refractivity contribution in [1.82, 2.24) is 5.32 Å². The van der Waals surface area contributed by atoms with Gasteiger partial charge in [-0.15, -0.1) is 0 Å². The van der Waals surface area contributed by atoms with Gasteiger partial charge >= 0.3 is 0 Å². The Morgan fingerprint density at radius 2 is 2.17 bits per heavy atom. The minimum Gasteiger partial charge on any atom is -0.381 e. The first-order valence-corrected chi connectivity index (χ1v) is 8.91. The van der Waals surface area contributed by atoms with Gasteiger partial charge in [0.25, 0.3) is 0 Å². The van der Waals surface area contributed by atoms with Crippen molar-refractivity contribution in [3.05, 3.63) is 29.3 Å². The van der Waals surface area contributed by atoms with E-state index >= 15 is 0 Å². The molecule has 0 radical (unpaired) electrons. The number of unbranched alkanes of at least 4 members (excludes halogenated alkanes) is 1. The molecule has 1 fully saturated rings. The van der Waals surface area contributed by atoms with Crippen LogP contribution in [-0.2, 0) is 14.3 Å². The van der Waals surface area contributed by atoms with Crippen LogP contribution in [0.5, 0.6) is 0 Å². The number of benzene rings is 1. The first-order chi connectivity index (χ1) is 11.6. The van der Waals surface area contributed by atoms with Crippen LogP contribution in [0.4, 0.5) is 5.69 Å². The normalized spacial score (nSPS) is 17.3. The number of rotatable bonds is 9. The first-order valence-electron chi connectivity index (χ1n) is 8.53. The second-order valence-corrected chi connectivity index (χ2v) is 6.43. The van der Waals surface area contributed by atoms with Gasteiger partial charge in [-0.2, -0.15) is 0 Å². The largest absolute Gasteiger partial charge is 0.381 e. The molecule has 1 aliphatic rings. The average molecular weight is 353 g/mol. The fraction of sp³-hybridized carbons (Fsp3) is 0.556. The summed E-state index contributed by atoms with van der Waals surface area (Å²) in [5.41, 5.74) is 0.743. The van der Waals surface area contributed by atoms with Gasteiger partial charge in [-0.25, -0.2) is 0 Å². The molecule has 2 rings (SSSR count). The Bertz CT molecular complexity index is 565. The Kier molecular flexibility index (Phi) is 7.53. The van der Waals surface area contributed by atoms with Gasteiger partial charge in [0.15, 0.2) is 0 Å². The van der Waals surface area contributed by atoms with Crippen LogP contribution in [0, 0.1) is 5.92 Å². The second kappa shape index (κ2) is 9.64. The Hall–Kier alpha value is -1.59. The minimum absolute atomic E-state index is 0.0414. The SMILES string of the molecule is CCCCOCCCNC(=O)C1CC(=O)N(c2cccc(Cl)c2)C1. The lowest BCUT2D eigenvalue weighted by Crippen LogP contribution is -2.33. The molecule has 1 unspecified atom stereocenters. The number of amides is 2. The lowest BCUT2D eigenvalue weighted by atomic mass is 10.1. The molecular formula is C18H25ClN2O3. The van der Waals surface area contributed by atoms with Crippen molar-refractivity contribution >= 4 is 29.1 Å². The smallest absolute Gasteiger partial charge is 0.227 e. The zero-order valence-electron chi connectivity index (χ0n) is 14.1. The number of hydrogen-bond acceptors (Lipinski definition) is 3. The van der Waals surface area contributed by atoms with Gasteiger partial charge in [-0.3, -0.25) is 9.59 Å². The fourth-order valence-corrected chi connectivity index (χ4v) is 2.84. The van der Waals surface area contributed by atoms with Crippen molar-refractivity contribution in [2.75, 3.05) is 31.2 Å². The highest BCUT2D eigenvalue weighted by Gasteiger charge is 2.34. The standard InChI is InChI=1S/C18H25ClN2O3/c1-2-3-9-24-10-5-8-20-18(23)14-11-17(22)21(13-14)16-7-4-6-15(19)12-16/h4,6-7,12,14H,2-3,5,8-11,13H2,1H3,(H,20,23). The number of anilines is 1. The third kappa shape index (κ3) is 5.49. The number of halogens is 1. The Labute approximate surface area is 148 Å². The van der Waals surface area contributed by atoms with Crippen molar-refractivity contribution in [3.63, 3.8) is 0 Å². The summed E-state index contributed by atoms with van der Waals surface area (Å²) in [6.45, 7) is 4.53. The van der Waals surface area contributed by atoms with Crippen molar-refractivity contribution < 1.29 is 14.3 Å². The van der Waals surface area contributed by atoms with Crippen LogP contribution < -0.4 is 10.2 Å². The number of carbonyl (C=O) groups excluding carboxylic acids is 2. The van der Waals surface area contributed by atoms with E-state index in [1.54, 1.807) is 23.1 Å². The molecule has 1 atom stereocenters. The van der Waals surface area contributed by atoms with E-state index in [1.807, 2.05) is 6.07 Å². The summed E-state index contributed by atoms with van der Waals surface area (Å²) < 4.78 is 5.46. The van der Waals surface area contributed by atoms with Crippen LogP contribution in [0.3, 0.4) is 0 Å². The molecule has 1 N–H and O–H groups in total. The van der Waals surface area contributed by atoms with Crippen LogP contribution >= 0.6 is 11.6 Å². The Balaban J connectivity index is 1.73. The van der Waals surface area contributed by atoms with E-state index in [-0.39, 0.29) is 24.2 Å². The maximum Gasteiger partial charge on any atom is 0.227 e. The summed E-state index contributed by atoms with van der Waals surface area (Å²) in [4.78, 5) is 26.0. The molecule has 1 heterocycles. The molecule has 24 heavy (non-hydrogen) atoms. The zero-order valence-corrected chi connectivity index (χ0v) is 14.8.